The zero-order valence-electron chi connectivity index (χ0n) is 8.35. The predicted molar refractivity (Wildman–Crippen MR) is 58.6 cm³/mol. The normalized spacial score (nSPS) is 10.3. The standard InChI is InChI=1S/C9H8N4O3/c1-10-6-5-3-2-4-11-8(5)12-9(14)7(6)13(15)16/h2-4H,1H3,(H2,10,11,12,14). The van der Waals surface area contributed by atoms with Crippen molar-refractivity contribution in [3.63, 3.8) is 0 Å². The molecule has 0 atom stereocenters. The number of nitro groups is 1. The van der Waals surface area contributed by atoms with Gasteiger partial charge in [0, 0.05) is 18.6 Å². The average Bonchev–Trinajstić information content (AvgIpc) is 2.26. The van der Waals surface area contributed by atoms with E-state index in [4.69, 9.17) is 0 Å². The fraction of sp³-hybridized carbons (Fsp3) is 0.111. The summed E-state index contributed by atoms with van der Waals surface area (Å²) in [5.41, 5.74) is -0.761. The number of H-pyrrole nitrogens is 1. The maximum absolute atomic E-state index is 11.5. The Morgan fingerprint density at radius 2 is 2.31 bits per heavy atom. The second kappa shape index (κ2) is 3.61. The molecule has 2 aromatic rings. The summed E-state index contributed by atoms with van der Waals surface area (Å²) in [6, 6.07) is 3.29. The quantitative estimate of drug-likeness (QED) is 0.577. The van der Waals surface area contributed by atoms with E-state index in [9.17, 15) is 14.9 Å². The van der Waals surface area contributed by atoms with E-state index in [-0.39, 0.29) is 5.69 Å². The van der Waals surface area contributed by atoms with Crippen LogP contribution in [0.2, 0.25) is 0 Å². The van der Waals surface area contributed by atoms with Crippen LogP contribution < -0.4 is 10.9 Å². The number of nitrogens with zero attached hydrogens (tertiary/aromatic N) is 2. The molecule has 0 saturated carbocycles. The van der Waals surface area contributed by atoms with Gasteiger partial charge in [0.25, 0.3) is 0 Å². The summed E-state index contributed by atoms with van der Waals surface area (Å²) in [6.45, 7) is 0. The van der Waals surface area contributed by atoms with Gasteiger partial charge in [-0.05, 0) is 12.1 Å². The highest BCUT2D eigenvalue weighted by molar-refractivity contribution is 5.93. The first kappa shape index (κ1) is 10.1. The smallest absolute Gasteiger partial charge is 0.357 e. The molecule has 0 aliphatic rings. The highest BCUT2D eigenvalue weighted by atomic mass is 16.6. The third-order valence-electron chi connectivity index (χ3n) is 2.19. The van der Waals surface area contributed by atoms with Crippen molar-refractivity contribution in [3.8, 4) is 0 Å². The maximum atomic E-state index is 11.5. The minimum absolute atomic E-state index is 0.178. The van der Waals surface area contributed by atoms with Gasteiger partial charge >= 0.3 is 11.2 Å². The van der Waals surface area contributed by atoms with Gasteiger partial charge in [0.1, 0.15) is 11.3 Å². The number of fused-ring (bicyclic) bond motifs is 1. The summed E-state index contributed by atoms with van der Waals surface area (Å²) >= 11 is 0. The second-order valence-corrected chi connectivity index (χ2v) is 3.08. The van der Waals surface area contributed by atoms with Crippen molar-refractivity contribution in [3.05, 3.63) is 38.8 Å². The largest absolute Gasteiger partial charge is 0.382 e. The van der Waals surface area contributed by atoms with Gasteiger partial charge in [-0.25, -0.2) is 4.98 Å². The molecule has 2 rings (SSSR count). The molecule has 0 fully saturated rings. The van der Waals surface area contributed by atoms with Crippen LogP contribution in [0.1, 0.15) is 0 Å². The molecule has 0 aliphatic carbocycles. The number of hydrogen-bond acceptors (Lipinski definition) is 5. The molecular weight excluding hydrogens is 212 g/mol. The monoisotopic (exact) mass is 220 g/mol. The zero-order chi connectivity index (χ0) is 11.7. The van der Waals surface area contributed by atoms with Crippen molar-refractivity contribution >= 4 is 22.4 Å². The second-order valence-electron chi connectivity index (χ2n) is 3.08. The molecular formula is C9H8N4O3. The molecule has 2 N–H and O–H groups in total. The lowest BCUT2D eigenvalue weighted by Crippen LogP contribution is -2.14. The molecule has 7 nitrogen and oxygen atoms in total. The predicted octanol–water partition coefficient (Wildman–Crippen LogP) is 0.873. The summed E-state index contributed by atoms with van der Waals surface area (Å²) in [5, 5.41) is 13.9. The first-order valence-corrected chi connectivity index (χ1v) is 4.48. The van der Waals surface area contributed by atoms with Gasteiger partial charge in [0.15, 0.2) is 0 Å². The van der Waals surface area contributed by atoms with E-state index in [0.717, 1.165) is 0 Å². The van der Waals surface area contributed by atoms with E-state index in [2.05, 4.69) is 15.3 Å². The van der Waals surface area contributed by atoms with Gasteiger partial charge in [-0.15, -0.1) is 0 Å². The fourth-order valence-electron chi connectivity index (χ4n) is 1.54. The van der Waals surface area contributed by atoms with Crippen molar-refractivity contribution in [2.75, 3.05) is 12.4 Å². The van der Waals surface area contributed by atoms with Crippen LogP contribution in [0.15, 0.2) is 23.1 Å². The fourth-order valence-corrected chi connectivity index (χ4v) is 1.54. The number of aromatic nitrogens is 2. The van der Waals surface area contributed by atoms with Crippen molar-refractivity contribution < 1.29 is 4.92 Å². The van der Waals surface area contributed by atoms with Crippen LogP contribution in [-0.4, -0.2) is 21.9 Å². The number of aromatic amines is 1. The van der Waals surface area contributed by atoms with E-state index >= 15 is 0 Å². The van der Waals surface area contributed by atoms with Crippen molar-refractivity contribution in [1.82, 2.24) is 9.97 Å². The third kappa shape index (κ3) is 1.38. The number of rotatable bonds is 2. The Hall–Kier alpha value is -2.44. The lowest BCUT2D eigenvalue weighted by molar-refractivity contribution is -0.385. The first-order chi connectivity index (χ1) is 7.65. The molecule has 0 unspecified atom stereocenters. The number of anilines is 1. The molecule has 16 heavy (non-hydrogen) atoms. The minimum atomic E-state index is -0.763. The Labute approximate surface area is 89.3 Å². The summed E-state index contributed by atoms with van der Waals surface area (Å²) in [5.74, 6) is 0. The molecule has 2 aromatic heterocycles. The van der Waals surface area contributed by atoms with Gasteiger partial charge in [0.2, 0.25) is 0 Å². The molecule has 7 heteroatoms. The Morgan fingerprint density at radius 3 is 2.94 bits per heavy atom. The SMILES string of the molecule is CNc1c([N+](=O)[O-])c(=O)[nH]c2ncccc12. The molecule has 0 aromatic carbocycles. The van der Waals surface area contributed by atoms with E-state index < -0.39 is 16.2 Å². The van der Waals surface area contributed by atoms with Crippen LogP contribution >= 0.6 is 0 Å². The molecule has 0 spiro atoms. The molecule has 0 bridgehead atoms. The molecule has 0 aliphatic heterocycles. The van der Waals surface area contributed by atoms with Gasteiger partial charge < -0.3 is 10.3 Å². The topological polar surface area (TPSA) is 101 Å². The molecule has 2 heterocycles. The Kier molecular flexibility index (Phi) is 2.28. The number of pyridine rings is 2. The lowest BCUT2D eigenvalue weighted by Gasteiger charge is -2.04. The van der Waals surface area contributed by atoms with Crippen LogP contribution in [0.25, 0.3) is 11.0 Å². The first-order valence-electron chi connectivity index (χ1n) is 4.48. The lowest BCUT2D eigenvalue weighted by atomic mass is 10.2. The highest BCUT2D eigenvalue weighted by Crippen LogP contribution is 2.26. The van der Waals surface area contributed by atoms with Gasteiger partial charge in [-0.2, -0.15) is 0 Å². The van der Waals surface area contributed by atoms with Crippen molar-refractivity contribution in [2.24, 2.45) is 0 Å². The average molecular weight is 220 g/mol. The van der Waals surface area contributed by atoms with Crippen LogP contribution in [-0.2, 0) is 0 Å². The number of hydrogen-bond donors (Lipinski definition) is 2. The van der Waals surface area contributed by atoms with E-state index in [1.165, 1.54) is 13.2 Å². The van der Waals surface area contributed by atoms with Crippen molar-refractivity contribution in [2.45, 2.75) is 0 Å². The van der Waals surface area contributed by atoms with E-state index in [1.54, 1.807) is 12.1 Å². The summed E-state index contributed by atoms with van der Waals surface area (Å²) < 4.78 is 0. The third-order valence-corrected chi connectivity index (χ3v) is 2.19. The van der Waals surface area contributed by atoms with E-state index in [0.29, 0.717) is 11.0 Å². The number of nitrogens with one attached hydrogen (secondary N) is 2. The van der Waals surface area contributed by atoms with Crippen LogP contribution in [0.3, 0.4) is 0 Å². The van der Waals surface area contributed by atoms with Crippen LogP contribution in [0.5, 0.6) is 0 Å². The summed E-state index contributed by atoms with van der Waals surface area (Å²) in [6.07, 6.45) is 1.50. The van der Waals surface area contributed by atoms with Crippen LogP contribution in [0, 0.1) is 10.1 Å². The van der Waals surface area contributed by atoms with Crippen molar-refractivity contribution in [1.29, 1.82) is 0 Å². The molecule has 0 amide bonds. The van der Waals surface area contributed by atoms with Gasteiger partial charge in [-0.3, -0.25) is 14.9 Å². The van der Waals surface area contributed by atoms with Gasteiger partial charge in [0.05, 0.1) is 4.92 Å². The summed E-state index contributed by atoms with van der Waals surface area (Å²) in [7, 11) is 1.52. The minimum Gasteiger partial charge on any atom is -0.382 e. The maximum Gasteiger partial charge on any atom is 0.357 e. The zero-order valence-corrected chi connectivity index (χ0v) is 8.35. The van der Waals surface area contributed by atoms with E-state index in [1.807, 2.05) is 0 Å². The highest BCUT2D eigenvalue weighted by Gasteiger charge is 2.21. The Morgan fingerprint density at radius 1 is 1.56 bits per heavy atom. The molecule has 0 saturated heterocycles. The Bertz CT molecular complexity index is 620. The van der Waals surface area contributed by atoms with Gasteiger partial charge in [-0.1, -0.05) is 0 Å². The summed E-state index contributed by atoms with van der Waals surface area (Å²) in [4.78, 5) is 27.8. The molecule has 82 valence electrons. The van der Waals surface area contributed by atoms with Crippen LogP contribution in [0.4, 0.5) is 11.4 Å². The molecule has 0 radical (unpaired) electrons. The Balaban J connectivity index is 2.96.